The quantitative estimate of drug-likeness (QED) is 0.696. The van der Waals surface area contributed by atoms with Crippen LogP contribution in [0.1, 0.15) is 22.0 Å². The number of pyridine rings is 1. The second kappa shape index (κ2) is 7.82. The molecule has 1 saturated heterocycles. The molecule has 0 saturated carbocycles. The fourth-order valence-electron chi connectivity index (χ4n) is 2.96. The summed E-state index contributed by atoms with van der Waals surface area (Å²) in [4.78, 5) is 27.4. The van der Waals surface area contributed by atoms with Crippen molar-refractivity contribution in [2.24, 2.45) is 0 Å². The van der Waals surface area contributed by atoms with E-state index in [-0.39, 0.29) is 12.0 Å². The summed E-state index contributed by atoms with van der Waals surface area (Å²) in [7, 11) is 0. The molecule has 1 amide bonds. The van der Waals surface area contributed by atoms with Crippen molar-refractivity contribution in [1.82, 2.24) is 19.9 Å². The Morgan fingerprint density at radius 3 is 2.56 bits per heavy atom. The predicted molar refractivity (Wildman–Crippen MR) is 101 cm³/mol. The van der Waals surface area contributed by atoms with Gasteiger partial charge >= 0.3 is 0 Å². The monoisotopic (exact) mass is 380 g/mol. The molecule has 0 unspecified atom stereocenters. The van der Waals surface area contributed by atoms with Gasteiger partial charge in [-0.1, -0.05) is 29.8 Å². The number of hydrogen-bond acceptors (Lipinski definition) is 5. The molecule has 0 spiro atoms. The highest BCUT2D eigenvalue weighted by Gasteiger charge is 2.26. The molecule has 1 aliphatic heterocycles. The van der Waals surface area contributed by atoms with Crippen LogP contribution in [-0.4, -0.2) is 45.5 Å². The number of ether oxygens (including phenoxy) is 1. The summed E-state index contributed by atoms with van der Waals surface area (Å²) >= 11 is 5.94. The minimum Gasteiger partial charge on any atom is -0.370 e. The third-order valence-electron chi connectivity index (χ3n) is 4.39. The average Bonchev–Trinajstić information content (AvgIpc) is 2.75. The second-order valence-electron chi connectivity index (χ2n) is 6.17. The number of carbonyl (C=O) groups is 1. The van der Waals surface area contributed by atoms with Crippen molar-refractivity contribution in [3.8, 4) is 11.5 Å². The summed E-state index contributed by atoms with van der Waals surface area (Å²) in [6.07, 6.45) is 4.61. The van der Waals surface area contributed by atoms with Crippen LogP contribution < -0.4 is 0 Å². The van der Waals surface area contributed by atoms with E-state index in [1.165, 1.54) is 0 Å². The Bertz CT molecular complexity index is 917. The maximum atomic E-state index is 12.8. The molecule has 3 heterocycles. The Morgan fingerprint density at radius 1 is 1.07 bits per heavy atom. The molecule has 0 bridgehead atoms. The van der Waals surface area contributed by atoms with E-state index >= 15 is 0 Å². The molecule has 0 radical (unpaired) electrons. The Balaban J connectivity index is 1.48. The van der Waals surface area contributed by atoms with Crippen LogP contribution >= 0.6 is 11.6 Å². The minimum absolute atomic E-state index is 0.107. The first-order valence-corrected chi connectivity index (χ1v) is 8.98. The summed E-state index contributed by atoms with van der Waals surface area (Å²) in [6.45, 7) is 1.49. The lowest BCUT2D eigenvalue weighted by Gasteiger charge is -2.33. The predicted octanol–water partition coefficient (Wildman–Crippen LogP) is 3.41. The summed E-state index contributed by atoms with van der Waals surface area (Å²) in [5.74, 6) is 0.387. The van der Waals surface area contributed by atoms with Crippen molar-refractivity contribution in [2.45, 2.75) is 6.10 Å². The van der Waals surface area contributed by atoms with E-state index in [0.29, 0.717) is 41.8 Å². The van der Waals surface area contributed by atoms with Gasteiger partial charge in [0, 0.05) is 30.2 Å². The van der Waals surface area contributed by atoms with Gasteiger partial charge in [-0.3, -0.25) is 9.78 Å². The van der Waals surface area contributed by atoms with Gasteiger partial charge in [-0.2, -0.15) is 0 Å². The number of benzene rings is 1. The van der Waals surface area contributed by atoms with Gasteiger partial charge in [0.15, 0.2) is 5.82 Å². The molecule has 1 fully saturated rings. The van der Waals surface area contributed by atoms with E-state index in [0.717, 1.165) is 5.56 Å². The molecule has 0 aliphatic carbocycles. The number of carbonyl (C=O) groups excluding carboxylic acids is 1. The highest BCUT2D eigenvalue weighted by atomic mass is 35.5. The first kappa shape index (κ1) is 17.6. The Labute approximate surface area is 161 Å². The van der Waals surface area contributed by atoms with Crippen LogP contribution in [0.2, 0.25) is 5.02 Å². The van der Waals surface area contributed by atoms with Gasteiger partial charge in [-0.15, -0.1) is 0 Å². The molecule has 3 aromatic rings. The largest absolute Gasteiger partial charge is 0.370 e. The van der Waals surface area contributed by atoms with Gasteiger partial charge in [0.05, 0.1) is 18.7 Å². The van der Waals surface area contributed by atoms with Crippen LogP contribution in [0.25, 0.3) is 11.5 Å². The molecular weight excluding hydrogens is 364 g/mol. The number of rotatable bonds is 3. The fraction of sp³-hybridized carbons (Fsp3) is 0.200. The maximum absolute atomic E-state index is 12.8. The van der Waals surface area contributed by atoms with E-state index < -0.39 is 0 Å². The number of hydrogen-bond donors (Lipinski definition) is 0. The summed E-state index contributed by atoms with van der Waals surface area (Å²) in [5, 5.41) is 0.674. The molecule has 1 aliphatic rings. The van der Waals surface area contributed by atoms with Gasteiger partial charge < -0.3 is 9.64 Å². The molecule has 7 heteroatoms. The van der Waals surface area contributed by atoms with Crippen molar-refractivity contribution >= 4 is 17.5 Å². The van der Waals surface area contributed by atoms with Crippen LogP contribution in [0.15, 0.2) is 61.1 Å². The van der Waals surface area contributed by atoms with E-state index in [4.69, 9.17) is 16.3 Å². The van der Waals surface area contributed by atoms with E-state index in [1.807, 2.05) is 42.5 Å². The van der Waals surface area contributed by atoms with Crippen LogP contribution in [-0.2, 0) is 4.74 Å². The highest BCUT2D eigenvalue weighted by Crippen LogP contribution is 2.24. The first-order chi connectivity index (χ1) is 13.2. The lowest BCUT2D eigenvalue weighted by atomic mass is 10.1. The van der Waals surface area contributed by atoms with E-state index in [1.54, 1.807) is 23.5 Å². The first-order valence-electron chi connectivity index (χ1n) is 8.60. The average molecular weight is 381 g/mol. The molecule has 27 heavy (non-hydrogen) atoms. The number of nitrogens with zero attached hydrogens (tertiary/aromatic N) is 4. The molecule has 0 N–H and O–H groups in total. The van der Waals surface area contributed by atoms with E-state index in [9.17, 15) is 4.79 Å². The number of amides is 1. The summed E-state index contributed by atoms with van der Waals surface area (Å²) in [5.41, 5.74) is 2.12. The highest BCUT2D eigenvalue weighted by molar-refractivity contribution is 6.30. The topological polar surface area (TPSA) is 68.2 Å². The number of halogens is 1. The van der Waals surface area contributed by atoms with Crippen LogP contribution in [0.4, 0.5) is 0 Å². The van der Waals surface area contributed by atoms with Crippen LogP contribution in [0, 0.1) is 0 Å². The SMILES string of the molecule is O=C(c1cnc(-c2ccccn2)nc1)N1CCO[C@@H](c2ccc(Cl)cc2)C1. The van der Waals surface area contributed by atoms with Gasteiger partial charge in [0.1, 0.15) is 11.8 Å². The van der Waals surface area contributed by atoms with Crippen LogP contribution in [0.5, 0.6) is 0 Å². The van der Waals surface area contributed by atoms with Crippen molar-refractivity contribution in [3.63, 3.8) is 0 Å². The molecule has 6 nitrogen and oxygen atoms in total. The maximum Gasteiger partial charge on any atom is 0.257 e. The lowest BCUT2D eigenvalue weighted by Crippen LogP contribution is -2.42. The standard InChI is InChI=1S/C20H17ClN4O2/c21-16-6-4-14(5-7-16)18-13-25(9-10-27-18)20(26)15-11-23-19(24-12-15)17-3-1-2-8-22-17/h1-8,11-12,18H,9-10,13H2/t18-/m1/s1. The smallest absolute Gasteiger partial charge is 0.257 e. The molecule has 1 aromatic carbocycles. The minimum atomic E-state index is -0.173. The Kier molecular flexibility index (Phi) is 5.09. The molecule has 1 atom stereocenters. The Morgan fingerprint density at radius 2 is 1.85 bits per heavy atom. The zero-order valence-corrected chi connectivity index (χ0v) is 15.2. The summed E-state index contributed by atoms with van der Waals surface area (Å²) < 4.78 is 5.82. The van der Waals surface area contributed by atoms with Gasteiger partial charge in [-0.05, 0) is 29.8 Å². The molecule has 136 valence electrons. The zero-order chi connectivity index (χ0) is 18.6. The van der Waals surface area contributed by atoms with Crippen molar-refractivity contribution in [1.29, 1.82) is 0 Å². The van der Waals surface area contributed by atoms with E-state index in [2.05, 4.69) is 15.0 Å². The van der Waals surface area contributed by atoms with Gasteiger partial charge in [0.25, 0.3) is 5.91 Å². The number of aromatic nitrogens is 3. The van der Waals surface area contributed by atoms with Crippen molar-refractivity contribution in [3.05, 3.63) is 77.2 Å². The van der Waals surface area contributed by atoms with Crippen LogP contribution in [0.3, 0.4) is 0 Å². The van der Waals surface area contributed by atoms with Gasteiger partial charge in [0.2, 0.25) is 0 Å². The summed E-state index contributed by atoms with van der Waals surface area (Å²) in [6, 6.07) is 13.0. The van der Waals surface area contributed by atoms with Crippen molar-refractivity contribution < 1.29 is 9.53 Å². The molecular formula is C20H17ClN4O2. The second-order valence-corrected chi connectivity index (χ2v) is 6.61. The molecule has 2 aromatic heterocycles. The lowest BCUT2D eigenvalue weighted by molar-refractivity contribution is -0.0228. The Hall–Kier alpha value is -2.83. The van der Waals surface area contributed by atoms with Crippen molar-refractivity contribution in [2.75, 3.05) is 19.7 Å². The normalized spacial score (nSPS) is 16.9. The third kappa shape index (κ3) is 3.97. The third-order valence-corrected chi connectivity index (χ3v) is 4.64. The zero-order valence-electron chi connectivity index (χ0n) is 14.5. The number of morpholine rings is 1. The fourth-order valence-corrected chi connectivity index (χ4v) is 3.09. The molecule has 4 rings (SSSR count). The van der Waals surface area contributed by atoms with Gasteiger partial charge in [-0.25, -0.2) is 9.97 Å².